The second-order valence-electron chi connectivity index (χ2n) is 4.60. The largest absolute Gasteiger partial charge is 0.394 e. The maximum atomic E-state index is 9.27. The normalized spacial score (nSPS) is 16.8. The van der Waals surface area contributed by atoms with Gasteiger partial charge >= 0.3 is 0 Å². The van der Waals surface area contributed by atoms with E-state index in [0.29, 0.717) is 25.7 Å². The number of aromatic nitrogens is 2. The molecule has 3 N–H and O–H groups in total. The number of nitrogens with one attached hydrogen (secondary N) is 1. The molecule has 1 aromatic rings. The van der Waals surface area contributed by atoms with Gasteiger partial charge in [-0.2, -0.15) is 5.10 Å². The van der Waals surface area contributed by atoms with Crippen molar-refractivity contribution in [3.63, 3.8) is 0 Å². The van der Waals surface area contributed by atoms with Crippen LogP contribution in [-0.4, -0.2) is 52.5 Å². The Hall–Kier alpha value is -1.11. The lowest BCUT2D eigenvalue weighted by Crippen LogP contribution is -2.25. The first kappa shape index (κ1) is 13.3. The molecule has 0 aliphatic heterocycles. The number of hydrogen-bond donors (Lipinski definition) is 3. The molecule has 0 aromatic carbocycles. The Bertz CT molecular complexity index is 352. The Morgan fingerprint density at radius 1 is 1.44 bits per heavy atom. The van der Waals surface area contributed by atoms with Crippen molar-refractivity contribution in [2.75, 3.05) is 31.7 Å². The van der Waals surface area contributed by atoms with Gasteiger partial charge in [-0.1, -0.05) is 0 Å². The van der Waals surface area contributed by atoms with Crippen LogP contribution in [0, 0.1) is 5.92 Å². The van der Waals surface area contributed by atoms with Gasteiger partial charge in [-0.15, -0.1) is 0 Å². The lowest BCUT2D eigenvalue weighted by molar-refractivity contribution is 0.0854. The van der Waals surface area contributed by atoms with Gasteiger partial charge in [0.25, 0.3) is 0 Å². The first-order valence-corrected chi connectivity index (χ1v) is 6.42. The van der Waals surface area contributed by atoms with E-state index in [2.05, 4.69) is 10.4 Å². The van der Waals surface area contributed by atoms with Crippen LogP contribution in [0.1, 0.15) is 12.8 Å². The smallest absolute Gasteiger partial charge is 0.0729 e. The van der Waals surface area contributed by atoms with Crippen molar-refractivity contribution in [3.8, 4) is 0 Å². The van der Waals surface area contributed by atoms with Gasteiger partial charge < -0.3 is 20.3 Å². The summed E-state index contributed by atoms with van der Waals surface area (Å²) in [6.45, 7) is 1.77. The van der Waals surface area contributed by atoms with E-state index in [-0.39, 0.29) is 19.3 Å². The summed E-state index contributed by atoms with van der Waals surface area (Å²) in [5, 5.41) is 25.4. The van der Waals surface area contributed by atoms with E-state index in [4.69, 9.17) is 9.84 Å². The van der Waals surface area contributed by atoms with E-state index < -0.39 is 0 Å². The predicted octanol–water partition coefficient (Wildman–Crippen LogP) is 0.0748. The Labute approximate surface area is 107 Å². The Balaban J connectivity index is 1.74. The van der Waals surface area contributed by atoms with Crippen molar-refractivity contribution in [2.45, 2.75) is 25.4 Å². The maximum Gasteiger partial charge on any atom is 0.0729 e. The van der Waals surface area contributed by atoms with Crippen LogP contribution < -0.4 is 5.32 Å². The Morgan fingerprint density at radius 2 is 2.28 bits per heavy atom. The van der Waals surface area contributed by atoms with Gasteiger partial charge in [-0.25, -0.2) is 0 Å². The molecule has 2 rings (SSSR count). The van der Waals surface area contributed by atoms with Crippen LogP contribution in [0.5, 0.6) is 0 Å². The van der Waals surface area contributed by atoms with E-state index in [0.717, 1.165) is 5.69 Å². The molecule has 1 unspecified atom stereocenters. The molecule has 6 nitrogen and oxygen atoms in total. The van der Waals surface area contributed by atoms with Crippen molar-refractivity contribution in [1.82, 2.24) is 9.78 Å². The molecule has 1 atom stereocenters. The van der Waals surface area contributed by atoms with Crippen molar-refractivity contribution in [1.29, 1.82) is 0 Å². The molecular formula is C12H21N3O3. The van der Waals surface area contributed by atoms with Gasteiger partial charge in [0.2, 0.25) is 0 Å². The number of nitrogens with zero attached hydrogens (tertiary/aromatic N) is 2. The summed E-state index contributed by atoms with van der Waals surface area (Å²) in [4.78, 5) is 0. The quantitative estimate of drug-likeness (QED) is 0.544. The lowest BCUT2D eigenvalue weighted by atomic mass is 10.2. The van der Waals surface area contributed by atoms with Crippen LogP contribution in [-0.2, 0) is 11.3 Å². The summed E-state index contributed by atoms with van der Waals surface area (Å²) < 4.78 is 6.97. The van der Waals surface area contributed by atoms with Gasteiger partial charge in [0.15, 0.2) is 0 Å². The van der Waals surface area contributed by atoms with Crippen LogP contribution >= 0.6 is 0 Å². The molecule has 0 bridgehead atoms. The minimum Gasteiger partial charge on any atom is -0.394 e. The van der Waals surface area contributed by atoms with Crippen molar-refractivity contribution < 1.29 is 14.9 Å². The standard InChI is InChI=1S/C12H21N3O3/c16-4-6-18-5-3-15-8-11(7-13-15)14-12(9-17)10-1-2-10/h7-8,10,12,14,16-17H,1-6,9H2. The van der Waals surface area contributed by atoms with E-state index in [9.17, 15) is 5.11 Å². The fraction of sp³-hybridized carbons (Fsp3) is 0.750. The summed E-state index contributed by atoms with van der Waals surface area (Å²) in [5.41, 5.74) is 0.933. The summed E-state index contributed by atoms with van der Waals surface area (Å²) in [6, 6.07) is 0.147. The first-order chi connectivity index (χ1) is 8.83. The van der Waals surface area contributed by atoms with E-state index in [1.165, 1.54) is 12.8 Å². The number of aliphatic hydroxyl groups excluding tert-OH is 2. The van der Waals surface area contributed by atoms with Gasteiger partial charge in [-0.05, 0) is 18.8 Å². The second-order valence-corrected chi connectivity index (χ2v) is 4.60. The molecule has 1 saturated carbocycles. The Kier molecular flexibility index (Phi) is 4.98. The SMILES string of the molecule is OCCOCCn1cc(NC(CO)C2CC2)cn1. The third-order valence-electron chi connectivity index (χ3n) is 3.07. The molecule has 1 fully saturated rings. The second kappa shape index (κ2) is 6.72. The highest BCUT2D eigenvalue weighted by Crippen LogP contribution is 2.33. The van der Waals surface area contributed by atoms with Crippen LogP contribution in [0.4, 0.5) is 5.69 Å². The third-order valence-corrected chi connectivity index (χ3v) is 3.07. The van der Waals surface area contributed by atoms with E-state index >= 15 is 0 Å². The number of anilines is 1. The number of hydrogen-bond acceptors (Lipinski definition) is 5. The van der Waals surface area contributed by atoms with Crippen LogP contribution in [0.15, 0.2) is 12.4 Å². The lowest BCUT2D eigenvalue weighted by Gasteiger charge is -2.14. The molecule has 102 valence electrons. The molecule has 0 saturated heterocycles. The minimum atomic E-state index is 0.0471. The van der Waals surface area contributed by atoms with E-state index in [1.807, 2.05) is 6.20 Å². The molecule has 0 radical (unpaired) electrons. The van der Waals surface area contributed by atoms with Crippen molar-refractivity contribution in [2.24, 2.45) is 5.92 Å². The maximum absolute atomic E-state index is 9.27. The zero-order valence-corrected chi connectivity index (χ0v) is 10.5. The molecule has 1 aliphatic carbocycles. The highest BCUT2D eigenvalue weighted by molar-refractivity contribution is 5.39. The van der Waals surface area contributed by atoms with E-state index in [1.54, 1.807) is 10.9 Å². The van der Waals surface area contributed by atoms with Crippen LogP contribution in [0.2, 0.25) is 0 Å². The third kappa shape index (κ3) is 3.97. The molecule has 0 spiro atoms. The summed E-state index contributed by atoms with van der Waals surface area (Å²) in [5.74, 6) is 0.603. The monoisotopic (exact) mass is 255 g/mol. The zero-order valence-electron chi connectivity index (χ0n) is 10.5. The van der Waals surface area contributed by atoms with Gasteiger partial charge in [0, 0.05) is 6.20 Å². The molecule has 18 heavy (non-hydrogen) atoms. The number of ether oxygens (including phenoxy) is 1. The summed E-state index contributed by atoms with van der Waals surface area (Å²) in [6.07, 6.45) is 6.06. The first-order valence-electron chi connectivity index (χ1n) is 6.42. The number of rotatable bonds is 9. The highest BCUT2D eigenvalue weighted by Gasteiger charge is 2.30. The summed E-state index contributed by atoms with van der Waals surface area (Å²) in [7, 11) is 0. The predicted molar refractivity (Wildman–Crippen MR) is 67.4 cm³/mol. The zero-order chi connectivity index (χ0) is 12.8. The minimum absolute atomic E-state index is 0.0471. The van der Waals surface area contributed by atoms with Crippen LogP contribution in [0.25, 0.3) is 0 Å². The molecule has 1 aliphatic rings. The molecule has 1 aromatic heterocycles. The molecule has 6 heteroatoms. The van der Waals surface area contributed by atoms with Gasteiger partial charge in [0.1, 0.15) is 0 Å². The van der Waals surface area contributed by atoms with Gasteiger partial charge in [-0.3, -0.25) is 4.68 Å². The summed E-state index contributed by atoms with van der Waals surface area (Å²) >= 11 is 0. The average Bonchev–Trinajstić information content (AvgIpc) is 3.13. The molecule has 0 amide bonds. The Morgan fingerprint density at radius 3 is 2.94 bits per heavy atom. The average molecular weight is 255 g/mol. The van der Waals surface area contributed by atoms with Gasteiger partial charge in [0.05, 0.1) is 50.9 Å². The highest BCUT2D eigenvalue weighted by atomic mass is 16.5. The topological polar surface area (TPSA) is 79.5 Å². The van der Waals surface area contributed by atoms with Crippen molar-refractivity contribution >= 4 is 5.69 Å². The number of aliphatic hydroxyl groups is 2. The fourth-order valence-electron chi connectivity index (χ4n) is 1.91. The molecule has 1 heterocycles. The van der Waals surface area contributed by atoms with Crippen molar-refractivity contribution in [3.05, 3.63) is 12.4 Å². The van der Waals surface area contributed by atoms with Crippen LogP contribution in [0.3, 0.4) is 0 Å². The fourth-order valence-corrected chi connectivity index (χ4v) is 1.91. The molecular weight excluding hydrogens is 234 g/mol.